The fourth-order valence-electron chi connectivity index (χ4n) is 3.12. The van der Waals surface area contributed by atoms with Gasteiger partial charge < -0.3 is 5.73 Å². The molecular weight excluding hydrogens is 353 g/mol. The van der Waals surface area contributed by atoms with Crippen LogP contribution in [0.2, 0.25) is 0 Å². The molecule has 0 aliphatic carbocycles. The van der Waals surface area contributed by atoms with Crippen molar-refractivity contribution in [3.63, 3.8) is 0 Å². The maximum absolute atomic E-state index is 14.1. The molecule has 136 valence electrons. The number of nitrogens with two attached hydrogens (primary N) is 1. The first-order chi connectivity index (χ1) is 12.3. The van der Waals surface area contributed by atoms with Crippen LogP contribution in [0.4, 0.5) is 4.39 Å². The summed E-state index contributed by atoms with van der Waals surface area (Å²) in [6.07, 6.45) is 0.465. The molecule has 1 atom stereocenters. The average Bonchev–Trinajstić information content (AvgIpc) is 2.87. The maximum atomic E-state index is 14.1. The van der Waals surface area contributed by atoms with Crippen LogP contribution in [-0.2, 0) is 11.2 Å². The van der Waals surface area contributed by atoms with E-state index in [1.807, 2.05) is 13.8 Å². The van der Waals surface area contributed by atoms with E-state index in [1.54, 1.807) is 25.1 Å². The number of thiophene rings is 1. The van der Waals surface area contributed by atoms with E-state index in [1.165, 1.54) is 22.0 Å². The largest absolute Gasteiger partial charge is 0.368 e. The van der Waals surface area contributed by atoms with Crippen LogP contribution < -0.4 is 11.3 Å². The van der Waals surface area contributed by atoms with Gasteiger partial charge >= 0.3 is 0 Å². The monoisotopic (exact) mass is 373 g/mol. The molecule has 5 nitrogen and oxygen atoms in total. The van der Waals surface area contributed by atoms with Crippen molar-refractivity contribution in [1.82, 2.24) is 9.55 Å². The summed E-state index contributed by atoms with van der Waals surface area (Å²) in [5.74, 6) is -0.631. The van der Waals surface area contributed by atoms with Crippen molar-refractivity contribution in [1.29, 1.82) is 0 Å². The number of carbonyl (C=O) groups excluding carboxylic acids is 1. The SMILES string of the molecule is CCC(C(N)=O)n1c(Cc2ccccc2F)nc2sc(C)c(C)c2c1=O. The fourth-order valence-corrected chi connectivity index (χ4v) is 4.16. The number of halogens is 1. The minimum atomic E-state index is -0.819. The van der Waals surface area contributed by atoms with Crippen molar-refractivity contribution < 1.29 is 9.18 Å². The number of fused-ring (bicyclic) bond motifs is 1. The highest BCUT2D eigenvalue weighted by Gasteiger charge is 2.24. The van der Waals surface area contributed by atoms with Crippen LogP contribution in [0.1, 0.15) is 41.2 Å². The normalized spacial score (nSPS) is 12.5. The Morgan fingerprint density at radius 3 is 2.65 bits per heavy atom. The first-order valence-corrected chi connectivity index (χ1v) is 9.20. The molecule has 7 heteroatoms. The molecule has 1 aromatic carbocycles. The first-order valence-electron chi connectivity index (χ1n) is 8.39. The number of benzene rings is 1. The number of nitrogens with zero attached hydrogens (tertiary/aromatic N) is 2. The van der Waals surface area contributed by atoms with E-state index in [0.29, 0.717) is 28.0 Å². The molecule has 2 N–H and O–H groups in total. The van der Waals surface area contributed by atoms with Gasteiger partial charge in [-0.3, -0.25) is 14.2 Å². The Labute approximate surface area is 154 Å². The summed E-state index contributed by atoms with van der Waals surface area (Å²) >= 11 is 1.42. The molecular formula is C19H20FN3O2S. The van der Waals surface area contributed by atoms with E-state index >= 15 is 0 Å². The summed E-state index contributed by atoms with van der Waals surface area (Å²) in [6.45, 7) is 5.57. The van der Waals surface area contributed by atoms with E-state index in [2.05, 4.69) is 4.98 Å². The van der Waals surface area contributed by atoms with Crippen LogP contribution in [-0.4, -0.2) is 15.5 Å². The Kier molecular flexibility index (Phi) is 4.91. The molecule has 0 saturated heterocycles. The Balaban J connectivity index is 2.31. The van der Waals surface area contributed by atoms with Crippen molar-refractivity contribution in [3.05, 3.63) is 62.3 Å². The highest BCUT2D eigenvalue weighted by Crippen LogP contribution is 2.28. The van der Waals surface area contributed by atoms with Gasteiger partial charge in [-0.1, -0.05) is 25.1 Å². The van der Waals surface area contributed by atoms with Crippen LogP contribution >= 0.6 is 11.3 Å². The number of primary amides is 1. The lowest BCUT2D eigenvalue weighted by molar-refractivity contribution is -0.121. The third kappa shape index (κ3) is 3.03. The summed E-state index contributed by atoms with van der Waals surface area (Å²) in [6, 6.07) is 5.52. The van der Waals surface area contributed by atoms with Crippen LogP contribution in [0.15, 0.2) is 29.1 Å². The van der Waals surface area contributed by atoms with Gasteiger partial charge in [0, 0.05) is 11.3 Å². The molecule has 0 fully saturated rings. The Morgan fingerprint density at radius 1 is 1.35 bits per heavy atom. The van der Waals surface area contributed by atoms with Crippen molar-refractivity contribution in [3.8, 4) is 0 Å². The second-order valence-corrected chi connectivity index (χ2v) is 7.46. The van der Waals surface area contributed by atoms with Crippen molar-refractivity contribution in [2.24, 2.45) is 5.73 Å². The lowest BCUT2D eigenvalue weighted by atomic mass is 10.1. The second kappa shape index (κ2) is 6.99. The third-order valence-electron chi connectivity index (χ3n) is 4.64. The minimum absolute atomic E-state index is 0.109. The Morgan fingerprint density at radius 2 is 2.04 bits per heavy atom. The summed E-state index contributed by atoms with van der Waals surface area (Å²) in [4.78, 5) is 31.3. The molecule has 2 aromatic heterocycles. The number of aromatic nitrogens is 2. The van der Waals surface area contributed by atoms with Gasteiger partial charge in [0.1, 0.15) is 22.5 Å². The topological polar surface area (TPSA) is 78.0 Å². The number of carbonyl (C=O) groups is 1. The van der Waals surface area contributed by atoms with Gasteiger partial charge in [-0.25, -0.2) is 9.37 Å². The van der Waals surface area contributed by atoms with Gasteiger partial charge in [0.2, 0.25) is 5.91 Å². The zero-order valence-corrected chi connectivity index (χ0v) is 15.7. The minimum Gasteiger partial charge on any atom is -0.368 e. The molecule has 3 rings (SSSR count). The van der Waals surface area contributed by atoms with Crippen LogP contribution in [0.3, 0.4) is 0 Å². The van der Waals surface area contributed by atoms with Crippen molar-refractivity contribution >= 4 is 27.5 Å². The predicted molar refractivity (Wildman–Crippen MR) is 101 cm³/mol. The van der Waals surface area contributed by atoms with E-state index in [-0.39, 0.29) is 17.8 Å². The van der Waals surface area contributed by atoms with Gasteiger partial charge in [0.15, 0.2) is 0 Å². The second-order valence-electron chi connectivity index (χ2n) is 6.26. The number of aryl methyl sites for hydroxylation is 2. The third-order valence-corrected chi connectivity index (χ3v) is 5.74. The van der Waals surface area contributed by atoms with Gasteiger partial charge in [-0.2, -0.15) is 0 Å². The number of hydrogen-bond donors (Lipinski definition) is 1. The number of rotatable bonds is 5. The smallest absolute Gasteiger partial charge is 0.263 e. The summed E-state index contributed by atoms with van der Waals surface area (Å²) < 4.78 is 15.5. The van der Waals surface area contributed by atoms with E-state index < -0.39 is 11.9 Å². The van der Waals surface area contributed by atoms with E-state index in [0.717, 1.165) is 10.4 Å². The van der Waals surface area contributed by atoms with Crippen LogP contribution in [0, 0.1) is 19.7 Å². The quantitative estimate of drug-likeness (QED) is 0.746. The first kappa shape index (κ1) is 18.3. The maximum Gasteiger partial charge on any atom is 0.263 e. The molecule has 26 heavy (non-hydrogen) atoms. The van der Waals surface area contributed by atoms with Crippen molar-refractivity contribution in [2.45, 2.75) is 39.7 Å². The Hall–Kier alpha value is -2.54. The summed E-state index contributed by atoms with van der Waals surface area (Å²) in [5, 5.41) is 0.504. The fraction of sp³-hybridized carbons (Fsp3) is 0.316. The average molecular weight is 373 g/mol. The molecule has 0 radical (unpaired) electrons. The lowest BCUT2D eigenvalue weighted by Crippen LogP contribution is -2.36. The van der Waals surface area contributed by atoms with Gasteiger partial charge in [-0.15, -0.1) is 11.3 Å². The molecule has 3 aromatic rings. The zero-order chi connectivity index (χ0) is 19.0. The molecule has 1 unspecified atom stereocenters. The highest BCUT2D eigenvalue weighted by atomic mass is 32.1. The highest BCUT2D eigenvalue weighted by molar-refractivity contribution is 7.18. The van der Waals surface area contributed by atoms with E-state index in [9.17, 15) is 14.0 Å². The number of amides is 1. The zero-order valence-electron chi connectivity index (χ0n) is 14.9. The molecule has 0 aliphatic heterocycles. The summed E-state index contributed by atoms with van der Waals surface area (Å²) in [7, 11) is 0. The molecule has 0 saturated carbocycles. The van der Waals surface area contributed by atoms with E-state index in [4.69, 9.17) is 5.73 Å². The standard InChI is InChI=1S/C19H20FN3O2S/c1-4-14(17(21)24)23-15(9-12-7-5-6-8-13(12)20)22-18-16(19(23)25)10(2)11(3)26-18/h5-8,14H,4,9H2,1-3H3,(H2,21,24). The van der Waals surface area contributed by atoms with Crippen molar-refractivity contribution in [2.75, 3.05) is 0 Å². The van der Waals surface area contributed by atoms with Crippen LogP contribution in [0.5, 0.6) is 0 Å². The van der Waals surface area contributed by atoms with Gasteiger partial charge in [0.25, 0.3) is 5.56 Å². The molecule has 1 amide bonds. The lowest BCUT2D eigenvalue weighted by Gasteiger charge is -2.19. The summed E-state index contributed by atoms with van der Waals surface area (Å²) in [5.41, 5.74) is 6.50. The molecule has 0 aliphatic rings. The predicted octanol–water partition coefficient (Wildman–Crippen LogP) is 3.24. The molecule has 2 heterocycles. The van der Waals surface area contributed by atoms with Gasteiger partial charge in [0.05, 0.1) is 5.39 Å². The molecule has 0 spiro atoms. The number of hydrogen-bond acceptors (Lipinski definition) is 4. The Bertz CT molecular complexity index is 1050. The van der Waals surface area contributed by atoms with Gasteiger partial charge in [-0.05, 0) is 37.5 Å². The van der Waals surface area contributed by atoms with Crippen LogP contribution in [0.25, 0.3) is 10.2 Å². The molecule has 0 bridgehead atoms.